The monoisotopic (exact) mass is 332 g/mol. The van der Waals surface area contributed by atoms with Crippen LogP contribution in [0.3, 0.4) is 0 Å². The molecule has 1 aliphatic carbocycles. The standard InChI is InChI=1S/C20H20N4O/c25-20(23-18-9-7-16(8-10-18)15-5-6-15)22-13-17-3-1-2-4-19(17)24-12-11-21-14-24/h1-4,7-12,14-15H,5-6,13H2,(H2,22,23,25). The van der Waals surface area contributed by atoms with Crippen molar-refractivity contribution in [2.75, 3.05) is 5.32 Å². The predicted molar refractivity (Wildman–Crippen MR) is 97.8 cm³/mol. The van der Waals surface area contributed by atoms with Gasteiger partial charge in [0.25, 0.3) is 0 Å². The number of carbonyl (C=O) groups excluding carboxylic acids is 1. The zero-order valence-corrected chi connectivity index (χ0v) is 13.9. The second-order valence-corrected chi connectivity index (χ2v) is 6.30. The Bertz CT molecular complexity index is 852. The van der Waals surface area contributed by atoms with Gasteiger partial charge in [0.05, 0.1) is 12.0 Å². The number of amides is 2. The average Bonchev–Trinajstić information content (AvgIpc) is 3.35. The summed E-state index contributed by atoms with van der Waals surface area (Å²) in [5.74, 6) is 0.725. The van der Waals surface area contributed by atoms with Crippen LogP contribution in [-0.4, -0.2) is 15.6 Å². The van der Waals surface area contributed by atoms with E-state index in [0.717, 1.165) is 22.9 Å². The molecule has 0 saturated heterocycles. The number of nitrogens with zero attached hydrogens (tertiary/aromatic N) is 2. The summed E-state index contributed by atoms with van der Waals surface area (Å²) in [6, 6.07) is 15.9. The number of benzene rings is 2. The first-order chi connectivity index (χ1) is 12.3. The molecule has 1 fully saturated rings. The molecular formula is C20H20N4O. The van der Waals surface area contributed by atoms with E-state index < -0.39 is 0 Å². The van der Waals surface area contributed by atoms with Crippen LogP contribution >= 0.6 is 0 Å². The van der Waals surface area contributed by atoms with Crippen molar-refractivity contribution in [3.63, 3.8) is 0 Å². The molecule has 1 heterocycles. The number of imidazole rings is 1. The normalized spacial score (nSPS) is 13.4. The molecule has 3 aromatic rings. The van der Waals surface area contributed by atoms with Crippen LogP contribution in [0.15, 0.2) is 67.3 Å². The summed E-state index contributed by atoms with van der Waals surface area (Å²) in [4.78, 5) is 16.3. The molecule has 4 rings (SSSR count). The maximum atomic E-state index is 12.2. The van der Waals surface area contributed by atoms with Gasteiger partial charge in [0.1, 0.15) is 0 Å². The molecule has 0 atom stereocenters. The number of aromatic nitrogens is 2. The molecule has 1 aliphatic rings. The molecule has 5 heteroatoms. The molecule has 0 radical (unpaired) electrons. The molecule has 0 bridgehead atoms. The van der Waals surface area contributed by atoms with Crippen molar-refractivity contribution in [1.29, 1.82) is 0 Å². The zero-order valence-electron chi connectivity index (χ0n) is 13.9. The lowest BCUT2D eigenvalue weighted by atomic mass is 10.1. The molecule has 0 aliphatic heterocycles. The molecule has 2 aromatic carbocycles. The fourth-order valence-corrected chi connectivity index (χ4v) is 2.92. The molecule has 0 unspecified atom stereocenters. The number of anilines is 1. The summed E-state index contributed by atoms with van der Waals surface area (Å²) in [5, 5.41) is 5.80. The quantitative estimate of drug-likeness (QED) is 0.740. The second kappa shape index (κ2) is 6.81. The van der Waals surface area contributed by atoms with Crippen molar-refractivity contribution >= 4 is 11.7 Å². The van der Waals surface area contributed by atoms with E-state index in [2.05, 4.69) is 27.8 Å². The van der Waals surface area contributed by atoms with Crippen LogP contribution in [0.2, 0.25) is 0 Å². The first-order valence-corrected chi connectivity index (χ1v) is 8.50. The van der Waals surface area contributed by atoms with Gasteiger partial charge in [-0.2, -0.15) is 0 Å². The molecule has 1 aromatic heterocycles. The lowest BCUT2D eigenvalue weighted by Gasteiger charge is -2.12. The van der Waals surface area contributed by atoms with Crippen molar-refractivity contribution in [3.05, 3.63) is 78.4 Å². The van der Waals surface area contributed by atoms with Gasteiger partial charge >= 0.3 is 6.03 Å². The van der Waals surface area contributed by atoms with Gasteiger partial charge in [0.2, 0.25) is 0 Å². The molecule has 2 amide bonds. The Kier molecular flexibility index (Phi) is 4.21. The van der Waals surface area contributed by atoms with Gasteiger partial charge in [-0.25, -0.2) is 9.78 Å². The number of carbonyl (C=O) groups is 1. The van der Waals surface area contributed by atoms with Gasteiger partial charge in [-0.15, -0.1) is 0 Å². The van der Waals surface area contributed by atoms with Crippen LogP contribution in [0.5, 0.6) is 0 Å². The number of nitrogens with one attached hydrogen (secondary N) is 2. The predicted octanol–water partition coefficient (Wildman–Crippen LogP) is 4.07. The molecule has 25 heavy (non-hydrogen) atoms. The minimum absolute atomic E-state index is 0.209. The van der Waals surface area contributed by atoms with E-state index in [-0.39, 0.29) is 6.03 Å². The van der Waals surface area contributed by atoms with Crippen molar-refractivity contribution in [2.24, 2.45) is 0 Å². The summed E-state index contributed by atoms with van der Waals surface area (Å²) < 4.78 is 1.94. The van der Waals surface area contributed by atoms with E-state index in [4.69, 9.17) is 0 Å². The molecule has 1 saturated carbocycles. The third kappa shape index (κ3) is 3.71. The highest BCUT2D eigenvalue weighted by Gasteiger charge is 2.22. The van der Waals surface area contributed by atoms with Gasteiger partial charge in [0, 0.05) is 24.6 Å². The van der Waals surface area contributed by atoms with Crippen LogP contribution in [0.25, 0.3) is 5.69 Å². The fraction of sp³-hybridized carbons (Fsp3) is 0.200. The highest BCUT2D eigenvalue weighted by molar-refractivity contribution is 5.89. The van der Waals surface area contributed by atoms with Crippen molar-refractivity contribution in [3.8, 4) is 5.69 Å². The topological polar surface area (TPSA) is 59.0 Å². The Morgan fingerprint density at radius 1 is 1.12 bits per heavy atom. The number of urea groups is 1. The van der Waals surface area contributed by atoms with Gasteiger partial charge in [-0.05, 0) is 48.1 Å². The van der Waals surface area contributed by atoms with Crippen LogP contribution in [-0.2, 0) is 6.54 Å². The van der Waals surface area contributed by atoms with Crippen molar-refractivity contribution < 1.29 is 4.79 Å². The Labute approximate surface area is 146 Å². The summed E-state index contributed by atoms with van der Waals surface area (Å²) in [5.41, 5.74) is 4.21. The highest BCUT2D eigenvalue weighted by Crippen LogP contribution is 2.40. The Morgan fingerprint density at radius 3 is 2.64 bits per heavy atom. The number of hydrogen-bond acceptors (Lipinski definition) is 2. The highest BCUT2D eigenvalue weighted by atomic mass is 16.2. The maximum Gasteiger partial charge on any atom is 0.319 e. The molecule has 126 valence electrons. The third-order valence-corrected chi connectivity index (χ3v) is 4.43. The lowest BCUT2D eigenvalue weighted by Crippen LogP contribution is -2.28. The Hall–Kier alpha value is -3.08. The summed E-state index contributed by atoms with van der Waals surface area (Å²) >= 11 is 0. The smallest absolute Gasteiger partial charge is 0.319 e. The van der Waals surface area contributed by atoms with Gasteiger partial charge in [0.15, 0.2) is 0 Å². The summed E-state index contributed by atoms with van der Waals surface area (Å²) in [7, 11) is 0. The van der Waals surface area contributed by atoms with E-state index in [1.165, 1.54) is 18.4 Å². The number of para-hydroxylation sites is 1. The van der Waals surface area contributed by atoms with Gasteiger partial charge in [-0.3, -0.25) is 0 Å². The first kappa shape index (κ1) is 15.4. The van der Waals surface area contributed by atoms with E-state index >= 15 is 0 Å². The van der Waals surface area contributed by atoms with Gasteiger partial charge in [-0.1, -0.05) is 30.3 Å². The van der Waals surface area contributed by atoms with E-state index in [9.17, 15) is 4.79 Å². The summed E-state index contributed by atoms with van der Waals surface area (Å²) in [6.45, 7) is 0.445. The van der Waals surface area contributed by atoms with Gasteiger partial charge < -0.3 is 15.2 Å². The summed E-state index contributed by atoms with van der Waals surface area (Å²) in [6.07, 6.45) is 7.94. The van der Waals surface area contributed by atoms with E-state index in [1.54, 1.807) is 12.5 Å². The van der Waals surface area contributed by atoms with Crippen LogP contribution in [0.1, 0.15) is 29.9 Å². The lowest BCUT2D eigenvalue weighted by molar-refractivity contribution is 0.251. The first-order valence-electron chi connectivity index (χ1n) is 8.50. The number of hydrogen-bond donors (Lipinski definition) is 2. The fourth-order valence-electron chi connectivity index (χ4n) is 2.92. The Balaban J connectivity index is 1.37. The second-order valence-electron chi connectivity index (χ2n) is 6.30. The third-order valence-electron chi connectivity index (χ3n) is 4.43. The molecular weight excluding hydrogens is 312 g/mol. The zero-order chi connectivity index (χ0) is 17.1. The number of rotatable bonds is 5. The van der Waals surface area contributed by atoms with E-state index in [0.29, 0.717) is 6.54 Å². The van der Waals surface area contributed by atoms with Crippen molar-refractivity contribution in [1.82, 2.24) is 14.9 Å². The van der Waals surface area contributed by atoms with Crippen molar-refractivity contribution in [2.45, 2.75) is 25.3 Å². The molecule has 5 nitrogen and oxygen atoms in total. The average molecular weight is 332 g/mol. The minimum Gasteiger partial charge on any atom is -0.334 e. The minimum atomic E-state index is -0.209. The SMILES string of the molecule is O=C(NCc1ccccc1-n1ccnc1)Nc1ccc(C2CC2)cc1. The van der Waals surface area contributed by atoms with Crippen LogP contribution < -0.4 is 10.6 Å². The largest absolute Gasteiger partial charge is 0.334 e. The molecule has 2 N–H and O–H groups in total. The Morgan fingerprint density at radius 2 is 1.92 bits per heavy atom. The molecule has 0 spiro atoms. The van der Waals surface area contributed by atoms with E-state index in [1.807, 2.05) is 47.2 Å². The maximum absolute atomic E-state index is 12.2. The van der Waals surface area contributed by atoms with Crippen LogP contribution in [0, 0.1) is 0 Å². The van der Waals surface area contributed by atoms with Crippen LogP contribution in [0.4, 0.5) is 10.5 Å².